The van der Waals surface area contributed by atoms with Crippen LogP contribution in [0.3, 0.4) is 0 Å². The van der Waals surface area contributed by atoms with Crippen LogP contribution in [0.1, 0.15) is 5.56 Å². The minimum absolute atomic E-state index is 0.650. The summed E-state index contributed by atoms with van der Waals surface area (Å²) >= 11 is 0. The topological polar surface area (TPSA) is 50.1 Å². The zero-order valence-electron chi connectivity index (χ0n) is 24.7. The van der Waals surface area contributed by atoms with Gasteiger partial charge in [-0.3, -0.25) is 0 Å². The summed E-state index contributed by atoms with van der Waals surface area (Å²) < 4.78 is 12.6. The molecule has 0 spiro atoms. The van der Waals surface area contributed by atoms with Gasteiger partial charge in [-0.15, -0.1) is 0 Å². The van der Waals surface area contributed by atoms with Crippen molar-refractivity contribution in [3.05, 3.63) is 157 Å². The van der Waals surface area contributed by atoms with E-state index in [1.165, 1.54) is 0 Å². The second kappa shape index (κ2) is 10.4. The fourth-order valence-corrected chi connectivity index (χ4v) is 6.71. The van der Waals surface area contributed by atoms with Crippen LogP contribution in [0.4, 0.5) is 0 Å². The van der Waals surface area contributed by atoms with Crippen molar-refractivity contribution in [1.29, 1.82) is 5.26 Å². The number of para-hydroxylation sites is 2. The van der Waals surface area contributed by atoms with E-state index in [-0.39, 0.29) is 0 Å². The highest BCUT2D eigenvalue weighted by molar-refractivity contribution is 6.07. The number of nitrogens with zero attached hydrogens (tertiary/aromatic N) is 1. The molecule has 0 saturated carbocycles. The molecule has 214 valence electrons. The van der Waals surface area contributed by atoms with Crippen molar-refractivity contribution in [2.45, 2.75) is 0 Å². The van der Waals surface area contributed by atoms with Crippen LogP contribution in [0.15, 0.2) is 160 Å². The maximum Gasteiger partial charge on any atom is 0.136 e. The molecule has 0 fully saturated rings. The molecule has 7 aromatic carbocycles. The molecule has 0 atom stereocenters. The number of hydrogen-bond acceptors (Lipinski definition) is 3. The normalized spacial score (nSPS) is 11.5. The molecule has 0 amide bonds. The van der Waals surface area contributed by atoms with Crippen LogP contribution in [0.25, 0.3) is 88.4 Å². The molecule has 9 aromatic rings. The van der Waals surface area contributed by atoms with Gasteiger partial charge in [-0.25, -0.2) is 0 Å². The molecule has 0 radical (unpaired) electrons. The van der Waals surface area contributed by atoms with Crippen molar-refractivity contribution in [3.63, 3.8) is 0 Å². The summed E-state index contributed by atoms with van der Waals surface area (Å²) in [5.41, 5.74) is 12.5. The van der Waals surface area contributed by atoms with Crippen LogP contribution < -0.4 is 0 Å². The van der Waals surface area contributed by atoms with E-state index in [4.69, 9.17) is 8.83 Å². The number of nitriles is 1. The Hall–Kier alpha value is -6.37. The maximum absolute atomic E-state index is 9.94. The number of fused-ring (bicyclic) bond motifs is 6. The van der Waals surface area contributed by atoms with Crippen LogP contribution >= 0.6 is 0 Å². The average Bonchev–Trinajstić information content (AvgIpc) is 3.69. The summed E-state index contributed by atoms with van der Waals surface area (Å²) in [7, 11) is 0. The highest BCUT2D eigenvalue weighted by Crippen LogP contribution is 2.41. The van der Waals surface area contributed by atoms with Crippen LogP contribution in [0.2, 0.25) is 0 Å². The Labute approximate surface area is 265 Å². The Morgan fingerprint density at radius 2 is 0.804 bits per heavy atom. The third-order valence-corrected chi connectivity index (χ3v) is 8.93. The maximum atomic E-state index is 9.94. The lowest BCUT2D eigenvalue weighted by atomic mass is 9.88. The van der Waals surface area contributed by atoms with Gasteiger partial charge in [0.15, 0.2) is 0 Å². The number of furan rings is 2. The number of rotatable bonds is 4. The molecule has 0 bridgehead atoms. The molecule has 0 N–H and O–H groups in total. The lowest BCUT2D eigenvalue weighted by Gasteiger charge is -2.15. The summed E-state index contributed by atoms with van der Waals surface area (Å²) in [5.74, 6) is 0. The minimum atomic E-state index is 0.650. The van der Waals surface area contributed by atoms with E-state index in [0.29, 0.717) is 5.56 Å². The van der Waals surface area contributed by atoms with Crippen LogP contribution in [-0.2, 0) is 0 Å². The molecule has 0 unspecified atom stereocenters. The van der Waals surface area contributed by atoms with Crippen molar-refractivity contribution in [2.75, 3.05) is 0 Å². The minimum Gasteiger partial charge on any atom is -0.456 e. The van der Waals surface area contributed by atoms with Gasteiger partial charge in [-0.1, -0.05) is 91.0 Å². The summed E-state index contributed by atoms with van der Waals surface area (Å²) in [6.07, 6.45) is 0. The van der Waals surface area contributed by atoms with E-state index in [0.717, 1.165) is 88.4 Å². The lowest BCUT2D eigenvalue weighted by Crippen LogP contribution is -1.91. The van der Waals surface area contributed by atoms with Gasteiger partial charge in [0.25, 0.3) is 0 Å². The van der Waals surface area contributed by atoms with Crippen LogP contribution in [0, 0.1) is 11.3 Å². The molecule has 0 aliphatic rings. The lowest BCUT2D eigenvalue weighted by molar-refractivity contribution is 0.668. The first kappa shape index (κ1) is 26.1. The van der Waals surface area contributed by atoms with E-state index < -0.39 is 0 Å². The van der Waals surface area contributed by atoms with Crippen molar-refractivity contribution in [3.8, 4) is 50.6 Å². The predicted octanol–water partition coefficient (Wildman–Crippen LogP) is 12.0. The highest BCUT2D eigenvalue weighted by atomic mass is 16.3. The van der Waals surface area contributed by atoms with Gasteiger partial charge in [0.2, 0.25) is 0 Å². The zero-order chi connectivity index (χ0) is 30.6. The smallest absolute Gasteiger partial charge is 0.136 e. The first-order chi connectivity index (χ1) is 22.7. The van der Waals surface area contributed by atoms with E-state index in [9.17, 15) is 5.26 Å². The van der Waals surface area contributed by atoms with Crippen LogP contribution in [0.5, 0.6) is 0 Å². The van der Waals surface area contributed by atoms with Gasteiger partial charge in [0, 0.05) is 27.1 Å². The van der Waals surface area contributed by atoms with E-state index >= 15 is 0 Å². The van der Waals surface area contributed by atoms with Gasteiger partial charge in [-0.2, -0.15) is 5.26 Å². The summed E-state index contributed by atoms with van der Waals surface area (Å²) in [6, 6.07) is 54.4. The Morgan fingerprint density at radius 3 is 1.39 bits per heavy atom. The van der Waals surface area contributed by atoms with Gasteiger partial charge in [0.05, 0.1) is 11.6 Å². The van der Waals surface area contributed by atoms with E-state index in [1.807, 2.05) is 66.7 Å². The molecule has 0 aliphatic heterocycles. The number of hydrogen-bond donors (Lipinski definition) is 0. The first-order valence-corrected chi connectivity index (χ1v) is 15.3. The molecule has 3 heteroatoms. The summed E-state index contributed by atoms with van der Waals surface area (Å²) in [5, 5.41) is 14.4. The zero-order valence-corrected chi connectivity index (χ0v) is 24.7. The van der Waals surface area contributed by atoms with Gasteiger partial charge in [0.1, 0.15) is 22.3 Å². The summed E-state index contributed by atoms with van der Waals surface area (Å²) in [4.78, 5) is 0. The van der Waals surface area contributed by atoms with E-state index in [1.54, 1.807) is 0 Å². The first-order valence-electron chi connectivity index (χ1n) is 15.3. The summed E-state index contributed by atoms with van der Waals surface area (Å²) in [6.45, 7) is 0. The van der Waals surface area contributed by atoms with Gasteiger partial charge >= 0.3 is 0 Å². The Morgan fingerprint density at radius 1 is 0.348 bits per heavy atom. The molecular formula is C43H25NO2. The number of benzene rings is 7. The molecular weight excluding hydrogens is 562 g/mol. The molecule has 2 aromatic heterocycles. The second-order valence-corrected chi connectivity index (χ2v) is 11.6. The highest BCUT2D eigenvalue weighted by Gasteiger charge is 2.16. The third kappa shape index (κ3) is 4.20. The molecule has 0 saturated heterocycles. The van der Waals surface area contributed by atoms with Crippen molar-refractivity contribution >= 4 is 43.9 Å². The second-order valence-electron chi connectivity index (χ2n) is 11.6. The standard InChI is InChI=1S/C43H25NO2/c44-26-29-9-1-2-10-33(29)35-12-4-3-11-34(35)32-22-30(27-17-19-38-36-13-5-7-15-40(36)45-42(38)24-27)21-31(23-32)28-18-20-39-37-14-6-8-16-41(37)46-43(39)25-28/h1-25H. The van der Waals surface area contributed by atoms with E-state index in [2.05, 4.69) is 91.0 Å². The quantitative estimate of drug-likeness (QED) is 0.206. The molecule has 46 heavy (non-hydrogen) atoms. The molecule has 9 rings (SSSR count). The Bertz CT molecular complexity index is 2530. The molecule has 3 nitrogen and oxygen atoms in total. The SMILES string of the molecule is N#Cc1ccccc1-c1ccccc1-c1cc(-c2ccc3c(c2)oc2ccccc23)cc(-c2ccc3c(c2)oc2ccccc23)c1. The largest absolute Gasteiger partial charge is 0.456 e. The van der Waals surface area contributed by atoms with Gasteiger partial charge < -0.3 is 8.83 Å². The van der Waals surface area contributed by atoms with Crippen molar-refractivity contribution in [1.82, 2.24) is 0 Å². The average molecular weight is 588 g/mol. The monoisotopic (exact) mass is 587 g/mol. The van der Waals surface area contributed by atoms with Crippen molar-refractivity contribution in [2.24, 2.45) is 0 Å². The fraction of sp³-hybridized carbons (Fsp3) is 0. The predicted molar refractivity (Wildman–Crippen MR) is 187 cm³/mol. The molecule has 2 heterocycles. The van der Waals surface area contributed by atoms with Crippen LogP contribution in [-0.4, -0.2) is 0 Å². The molecule has 0 aliphatic carbocycles. The third-order valence-electron chi connectivity index (χ3n) is 8.93. The fourth-order valence-electron chi connectivity index (χ4n) is 6.71. The Balaban J connectivity index is 1.27. The van der Waals surface area contributed by atoms with Crippen molar-refractivity contribution < 1.29 is 8.83 Å². The van der Waals surface area contributed by atoms with Gasteiger partial charge in [-0.05, 0) is 99.6 Å². The Kier molecular flexibility index (Phi) is 5.88.